The third-order valence-corrected chi connectivity index (χ3v) is 9.70. The first-order valence-electron chi connectivity index (χ1n) is 19.7. The van der Waals surface area contributed by atoms with E-state index in [1.807, 2.05) is 0 Å². The Bertz CT molecular complexity index is 673. The second-order valence-electron chi connectivity index (χ2n) is 14.7. The summed E-state index contributed by atoms with van der Waals surface area (Å²) in [6.45, 7) is 3.90. The van der Waals surface area contributed by atoms with E-state index < -0.39 is 0 Å². The molecular weight excluding hydrogens is 573 g/mol. The summed E-state index contributed by atoms with van der Waals surface area (Å²) in [7, 11) is 6.45. The quantitative estimate of drug-likeness (QED) is 0.0290. The van der Waals surface area contributed by atoms with Crippen molar-refractivity contribution >= 4 is 20.1 Å². The molecule has 0 heterocycles. The number of ketones is 1. The van der Waals surface area contributed by atoms with Crippen LogP contribution in [-0.4, -0.2) is 50.1 Å². The van der Waals surface area contributed by atoms with Gasteiger partial charge in [-0.2, -0.15) is 0 Å². The van der Waals surface area contributed by atoms with Crippen LogP contribution in [0.1, 0.15) is 200 Å². The number of unbranched alkanes of at least 4 members (excludes halogenated alkanes) is 24. The van der Waals surface area contributed by atoms with Gasteiger partial charge in [-0.05, 0) is 44.9 Å². The van der Waals surface area contributed by atoms with Crippen molar-refractivity contribution in [2.75, 3.05) is 34.3 Å². The lowest BCUT2D eigenvalue weighted by Gasteiger charge is -2.23. The highest BCUT2D eigenvalue weighted by molar-refractivity contribution is 7.53. The number of hydrogen-bond acceptors (Lipinski definition) is 3. The van der Waals surface area contributed by atoms with Crippen LogP contribution in [0.4, 0.5) is 0 Å². The molecule has 0 saturated heterocycles. The highest BCUT2D eigenvalue weighted by Crippen LogP contribution is 2.19. The standard InChI is InChI=1S/C40H79NO3P/c1-5-6-7-8-9-10-11-12-16-19-22-25-28-31-34-39(42)35-32-29-26-23-20-17-14-13-15-18-21-24-27-30-33-36-40(43)45-44-38-37-41(2,3)4/h13,15,45H,5-12,14,16-38H2,1-4H3/q+1. The van der Waals surface area contributed by atoms with E-state index in [1.165, 1.54) is 148 Å². The van der Waals surface area contributed by atoms with Gasteiger partial charge < -0.3 is 9.01 Å². The van der Waals surface area contributed by atoms with E-state index >= 15 is 0 Å². The second-order valence-corrected chi connectivity index (χ2v) is 15.8. The first-order valence-corrected chi connectivity index (χ1v) is 20.6. The zero-order valence-electron chi connectivity index (χ0n) is 31.0. The van der Waals surface area contributed by atoms with Crippen molar-refractivity contribution in [1.29, 1.82) is 0 Å². The molecule has 5 heteroatoms. The van der Waals surface area contributed by atoms with Gasteiger partial charge in [0, 0.05) is 19.3 Å². The monoisotopic (exact) mass is 653 g/mol. The lowest BCUT2D eigenvalue weighted by molar-refractivity contribution is -0.870. The fraction of sp³-hybridized carbons (Fsp3) is 0.900. The fourth-order valence-corrected chi connectivity index (χ4v) is 6.38. The Kier molecular flexibility index (Phi) is 34.3. The molecule has 0 spiro atoms. The van der Waals surface area contributed by atoms with Gasteiger partial charge in [0.2, 0.25) is 0 Å². The van der Waals surface area contributed by atoms with Crippen LogP contribution in [0.5, 0.6) is 0 Å². The van der Waals surface area contributed by atoms with Gasteiger partial charge in [0.25, 0.3) is 0 Å². The summed E-state index contributed by atoms with van der Waals surface area (Å²) in [4.78, 5) is 24.1. The molecule has 0 aliphatic carbocycles. The van der Waals surface area contributed by atoms with Crippen LogP contribution < -0.4 is 0 Å². The number of nitrogens with zero attached hydrogens (tertiary/aromatic N) is 1. The topological polar surface area (TPSA) is 43.4 Å². The van der Waals surface area contributed by atoms with Crippen molar-refractivity contribution in [3.63, 3.8) is 0 Å². The Morgan fingerprint density at radius 3 is 1.27 bits per heavy atom. The molecule has 0 aromatic heterocycles. The number of carbonyl (C=O) groups excluding carboxylic acids is 2. The van der Waals surface area contributed by atoms with Gasteiger partial charge in [-0.15, -0.1) is 0 Å². The van der Waals surface area contributed by atoms with Crippen LogP contribution in [-0.2, 0) is 14.1 Å². The minimum Gasteiger partial charge on any atom is -0.349 e. The molecule has 0 N–H and O–H groups in total. The van der Waals surface area contributed by atoms with Crippen molar-refractivity contribution in [3.8, 4) is 0 Å². The molecule has 0 fully saturated rings. The van der Waals surface area contributed by atoms with Crippen LogP contribution in [0, 0.1) is 0 Å². The summed E-state index contributed by atoms with van der Waals surface area (Å²) in [5.41, 5.74) is 0.278. The molecule has 0 aliphatic heterocycles. The first-order chi connectivity index (χ1) is 21.8. The minimum atomic E-state index is 0.0301. The van der Waals surface area contributed by atoms with Gasteiger partial charge in [-0.3, -0.25) is 9.59 Å². The van der Waals surface area contributed by atoms with Crippen molar-refractivity contribution in [3.05, 3.63) is 12.2 Å². The van der Waals surface area contributed by atoms with E-state index in [0.717, 1.165) is 49.6 Å². The highest BCUT2D eigenvalue weighted by Gasteiger charge is 2.08. The molecule has 4 nitrogen and oxygen atoms in total. The molecule has 0 rings (SSSR count). The molecule has 0 aromatic rings. The summed E-state index contributed by atoms with van der Waals surface area (Å²) in [6.07, 6.45) is 42.1. The molecule has 0 aliphatic rings. The SMILES string of the molecule is CCCCCCCCCCCCCCCCC(=O)CCCCCCCCC=CCCCCCCCC(=O)POCC[N+](C)(C)C. The second kappa shape index (κ2) is 34.8. The highest BCUT2D eigenvalue weighted by atomic mass is 31.1. The van der Waals surface area contributed by atoms with Gasteiger partial charge >= 0.3 is 0 Å². The van der Waals surface area contributed by atoms with Crippen LogP contribution in [0.2, 0.25) is 0 Å². The predicted octanol–water partition coefficient (Wildman–Crippen LogP) is 12.7. The maximum atomic E-state index is 12.2. The Morgan fingerprint density at radius 2 is 0.867 bits per heavy atom. The van der Waals surface area contributed by atoms with Crippen molar-refractivity contribution in [2.45, 2.75) is 200 Å². The molecule has 1 atom stereocenters. The van der Waals surface area contributed by atoms with Crippen molar-refractivity contribution in [2.24, 2.45) is 0 Å². The number of hydrogen-bond donors (Lipinski definition) is 0. The van der Waals surface area contributed by atoms with Crippen molar-refractivity contribution < 1.29 is 18.6 Å². The number of carbonyl (C=O) groups is 2. The molecule has 266 valence electrons. The van der Waals surface area contributed by atoms with E-state index in [-0.39, 0.29) is 14.3 Å². The van der Waals surface area contributed by atoms with Crippen LogP contribution in [0.25, 0.3) is 0 Å². The van der Waals surface area contributed by atoms with Crippen LogP contribution in [0.15, 0.2) is 12.2 Å². The maximum absolute atomic E-state index is 12.2. The normalized spacial score (nSPS) is 12.3. The average molecular weight is 653 g/mol. The molecule has 0 aromatic carbocycles. The Labute approximate surface area is 284 Å². The van der Waals surface area contributed by atoms with E-state index in [4.69, 9.17) is 4.52 Å². The van der Waals surface area contributed by atoms with Gasteiger partial charge in [0.1, 0.15) is 18.9 Å². The number of allylic oxidation sites excluding steroid dienone is 2. The van der Waals surface area contributed by atoms with E-state index in [2.05, 4.69) is 40.2 Å². The van der Waals surface area contributed by atoms with Gasteiger partial charge in [0.05, 0.1) is 30.0 Å². The molecule has 1 unspecified atom stereocenters. The average Bonchev–Trinajstić information content (AvgIpc) is 3.00. The van der Waals surface area contributed by atoms with Crippen molar-refractivity contribution in [1.82, 2.24) is 0 Å². The molecule has 0 saturated carbocycles. The number of rotatable bonds is 37. The van der Waals surface area contributed by atoms with Gasteiger partial charge in [-0.1, -0.05) is 147 Å². The summed E-state index contributed by atoms with van der Waals surface area (Å²) >= 11 is 0. The Hall–Kier alpha value is -0.570. The summed E-state index contributed by atoms with van der Waals surface area (Å²) in [6, 6.07) is 0. The zero-order chi connectivity index (χ0) is 33.1. The van der Waals surface area contributed by atoms with E-state index in [9.17, 15) is 9.59 Å². The van der Waals surface area contributed by atoms with Gasteiger partial charge in [0.15, 0.2) is 5.52 Å². The van der Waals surface area contributed by atoms with E-state index in [1.54, 1.807) is 0 Å². The lowest BCUT2D eigenvalue weighted by Crippen LogP contribution is -2.37. The largest absolute Gasteiger partial charge is 0.349 e. The smallest absolute Gasteiger partial charge is 0.178 e. The third kappa shape index (κ3) is 39.5. The summed E-state index contributed by atoms with van der Waals surface area (Å²) in [5.74, 6) is 0.501. The first kappa shape index (κ1) is 44.4. The number of likely N-dealkylation sites (N-methyl/N-ethyl adjacent to an activating group) is 1. The van der Waals surface area contributed by atoms with E-state index in [0.29, 0.717) is 18.8 Å². The Balaban J connectivity index is 3.27. The lowest BCUT2D eigenvalue weighted by atomic mass is 10.0. The summed E-state index contributed by atoms with van der Waals surface area (Å²) in [5, 5.41) is 0. The number of Topliss-reactive ketones (excluding diaryl/α,β-unsaturated/α-hetero) is 1. The van der Waals surface area contributed by atoms with Crippen LogP contribution >= 0.6 is 8.81 Å². The van der Waals surface area contributed by atoms with Crippen LogP contribution in [0.3, 0.4) is 0 Å². The fourth-order valence-electron chi connectivity index (χ4n) is 5.75. The predicted molar refractivity (Wildman–Crippen MR) is 201 cm³/mol. The summed E-state index contributed by atoms with van der Waals surface area (Å²) < 4.78 is 6.41. The maximum Gasteiger partial charge on any atom is 0.178 e. The third-order valence-electron chi connectivity index (χ3n) is 8.88. The zero-order valence-corrected chi connectivity index (χ0v) is 32.0. The number of quaternary nitrogens is 1. The minimum absolute atomic E-state index is 0.0301. The molecule has 0 amide bonds. The molecule has 0 radical (unpaired) electrons. The molecule has 45 heavy (non-hydrogen) atoms. The molecule has 0 bridgehead atoms. The Morgan fingerprint density at radius 1 is 0.511 bits per heavy atom. The molecular formula is C40H79NO3P+. The van der Waals surface area contributed by atoms with Gasteiger partial charge in [-0.25, -0.2) is 0 Å².